The van der Waals surface area contributed by atoms with Crippen molar-refractivity contribution in [1.82, 2.24) is 4.98 Å². The highest BCUT2D eigenvalue weighted by Gasteiger charge is 2.15. The SMILES string of the molecule is CC(=O)Nc1ccc(Oc2ncccc2C(=O)Nc2ccc(C(C)=O)cc2)cc1. The molecular formula is C22H19N3O4. The highest BCUT2D eigenvalue weighted by Crippen LogP contribution is 2.25. The number of nitrogens with one attached hydrogen (secondary N) is 2. The van der Waals surface area contributed by atoms with Crippen LogP contribution in [0.25, 0.3) is 0 Å². The Kier molecular flexibility index (Phi) is 5.99. The van der Waals surface area contributed by atoms with E-state index in [1.807, 2.05) is 0 Å². The molecule has 1 aromatic heterocycles. The Morgan fingerprint density at radius 1 is 0.828 bits per heavy atom. The van der Waals surface area contributed by atoms with Gasteiger partial charge in [-0.2, -0.15) is 0 Å². The lowest BCUT2D eigenvalue weighted by atomic mass is 10.1. The first-order valence-electron chi connectivity index (χ1n) is 8.85. The van der Waals surface area contributed by atoms with Crippen LogP contribution in [0.2, 0.25) is 0 Å². The number of amides is 2. The number of ketones is 1. The minimum Gasteiger partial charge on any atom is -0.438 e. The number of hydrogen-bond donors (Lipinski definition) is 2. The van der Waals surface area contributed by atoms with Crippen LogP contribution in [0.15, 0.2) is 66.9 Å². The minimum atomic E-state index is -0.390. The van der Waals surface area contributed by atoms with Gasteiger partial charge in [-0.3, -0.25) is 14.4 Å². The summed E-state index contributed by atoms with van der Waals surface area (Å²) in [7, 11) is 0. The predicted molar refractivity (Wildman–Crippen MR) is 109 cm³/mol. The van der Waals surface area contributed by atoms with Crippen LogP contribution < -0.4 is 15.4 Å². The molecule has 0 aliphatic heterocycles. The zero-order chi connectivity index (χ0) is 20.8. The summed E-state index contributed by atoms with van der Waals surface area (Å²) < 4.78 is 5.75. The molecule has 0 bridgehead atoms. The van der Waals surface area contributed by atoms with Crippen LogP contribution in [0.1, 0.15) is 34.6 Å². The molecule has 0 radical (unpaired) electrons. The van der Waals surface area contributed by atoms with Gasteiger partial charge in [0.15, 0.2) is 5.78 Å². The number of benzene rings is 2. The third-order valence-corrected chi connectivity index (χ3v) is 3.95. The predicted octanol–water partition coefficient (Wildman–Crippen LogP) is 4.29. The van der Waals surface area contributed by atoms with Gasteiger partial charge in [0, 0.05) is 30.1 Å². The number of ether oxygens (including phenoxy) is 1. The molecule has 0 aliphatic carbocycles. The van der Waals surface area contributed by atoms with E-state index in [2.05, 4.69) is 15.6 Å². The summed E-state index contributed by atoms with van der Waals surface area (Å²) in [6.07, 6.45) is 1.53. The van der Waals surface area contributed by atoms with E-state index in [9.17, 15) is 14.4 Å². The van der Waals surface area contributed by atoms with Crippen LogP contribution >= 0.6 is 0 Å². The standard InChI is InChI=1S/C22H19N3O4/c1-14(26)16-5-7-18(8-6-16)25-21(28)20-4-3-13-23-22(20)29-19-11-9-17(10-12-19)24-15(2)27/h3-13H,1-2H3,(H,24,27)(H,25,28). The highest BCUT2D eigenvalue weighted by atomic mass is 16.5. The second-order valence-electron chi connectivity index (χ2n) is 6.25. The zero-order valence-electron chi connectivity index (χ0n) is 15.9. The lowest BCUT2D eigenvalue weighted by molar-refractivity contribution is -0.114. The lowest BCUT2D eigenvalue weighted by Crippen LogP contribution is -2.13. The zero-order valence-corrected chi connectivity index (χ0v) is 15.9. The van der Waals surface area contributed by atoms with E-state index in [0.29, 0.717) is 22.7 Å². The maximum atomic E-state index is 12.7. The number of anilines is 2. The molecule has 146 valence electrons. The summed E-state index contributed by atoms with van der Waals surface area (Å²) in [5.74, 6) is 0.0165. The molecule has 0 spiro atoms. The maximum Gasteiger partial charge on any atom is 0.261 e. The number of Topliss-reactive ketones (excluding diaryl/α,β-unsaturated/α-hetero) is 1. The Morgan fingerprint density at radius 2 is 1.45 bits per heavy atom. The first-order chi connectivity index (χ1) is 13.9. The molecule has 2 aromatic carbocycles. The lowest BCUT2D eigenvalue weighted by Gasteiger charge is -2.11. The molecule has 3 aromatic rings. The Balaban J connectivity index is 1.75. The van der Waals surface area contributed by atoms with Gasteiger partial charge >= 0.3 is 0 Å². The second-order valence-corrected chi connectivity index (χ2v) is 6.25. The van der Waals surface area contributed by atoms with Crippen molar-refractivity contribution in [2.75, 3.05) is 10.6 Å². The number of pyridine rings is 1. The Labute approximate surface area is 167 Å². The van der Waals surface area contributed by atoms with Gasteiger partial charge in [0.2, 0.25) is 11.8 Å². The van der Waals surface area contributed by atoms with Crippen LogP contribution in [0.5, 0.6) is 11.6 Å². The highest BCUT2D eigenvalue weighted by molar-refractivity contribution is 6.06. The van der Waals surface area contributed by atoms with Gasteiger partial charge in [0.05, 0.1) is 0 Å². The molecule has 7 nitrogen and oxygen atoms in total. The normalized spacial score (nSPS) is 10.1. The number of aromatic nitrogens is 1. The monoisotopic (exact) mass is 389 g/mol. The molecule has 0 saturated carbocycles. The second kappa shape index (κ2) is 8.79. The van der Waals surface area contributed by atoms with Gasteiger partial charge in [-0.1, -0.05) is 0 Å². The topological polar surface area (TPSA) is 97.4 Å². The van der Waals surface area contributed by atoms with Crippen molar-refractivity contribution in [2.45, 2.75) is 13.8 Å². The minimum absolute atomic E-state index is 0.0460. The molecule has 29 heavy (non-hydrogen) atoms. The van der Waals surface area contributed by atoms with Gasteiger partial charge in [-0.25, -0.2) is 4.98 Å². The van der Waals surface area contributed by atoms with Crippen molar-refractivity contribution in [3.05, 3.63) is 78.0 Å². The van der Waals surface area contributed by atoms with Gasteiger partial charge < -0.3 is 15.4 Å². The quantitative estimate of drug-likeness (QED) is 0.613. The molecule has 0 aliphatic rings. The van der Waals surface area contributed by atoms with E-state index in [4.69, 9.17) is 4.74 Å². The summed E-state index contributed by atoms with van der Waals surface area (Å²) in [5.41, 5.74) is 2.01. The largest absolute Gasteiger partial charge is 0.438 e. The average Bonchev–Trinajstić information content (AvgIpc) is 2.70. The van der Waals surface area contributed by atoms with E-state index >= 15 is 0 Å². The van der Waals surface area contributed by atoms with Crippen LogP contribution in [0.4, 0.5) is 11.4 Å². The van der Waals surface area contributed by atoms with Gasteiger partial charge in [-0.05, 0) is 67.6 Å². The molecule has 0 fully saturated rings. The van der Waals surface area contributed by atoms with Crippen molar-refractivity contribution in [2.24, 2.45) is 0 Å². The van der Waals surface area contributed by atoms with Crippen LogP contribution in [0.3, 0.4) is 0 Å². The van der Waals surface area contributed by atoms with E-state index < -0.39 is 5.91 Å². The van der Waals surface area contributed by atoms with Crippen LogP contribution in [-0.4, -0.2) is 22.6 Å². The van der Waals surface area contributed by atoms with E-state index in [-0.39, 0.29) is 23.1 Å². The molecule has 2 amide bonds. The molecular weight excluding hydrogens is 370 g/mol. The maximum absolute atomic E-state index is 12.7. The van der Waals surface area contributed by atoms with Crippen molar-refractivity contribution in [3.8, 4) is 11.6 Å². The summed E-state index contributed by atoms with van der Waals surface area (Å²) in [6.45, 7) is 2.91. The Hall–Kier alpha value is -4.00. The smallest absolute Gasteiger partial charge is 0.261 e. The summed E-state index contributed by atoms with van der Waals surface area (Å²) in [5, 5.41) is 5.43. The molecule has 7 heteroatoms. The summed E-state index contributed by atoms with van der Waals surface area (Å²) in [4.78, 5) is 39.3. The third-order valence-electron chi connectivity index (χ3n) is 3.95. The molecule has 1 heterocycles. The van der Waals surface area contributed by atoms with Crippen molar-refractivity contribution < 1.29 is 19.1 Å². The number of nitrogens with zero attached hydrogens (tertiary/aromatic N) is 1. The van der Waals surface area contributed by atoms with Crippen LogP contribution in [0, 0.1) is 0 Å². The summed E-state index contributed by atoms with van der Waals surface area (Å²) in [6, 6.07) is 16.6. The van der Waals surface area contributed by atoms with Gasteiger partial charge in [0.1, 0.15) is 11.3 Å². The van der Waals surface area contributed by atoms with E-state index in [1.165, 1.54) is 20.0 Å². The van der Waals surface area contributed by atoms with Crippen LogP contribution in [-0.2, 0) is 4.79 Å². The fraction of sp³-hybridized carbons (Fsp3) is 0.0909. The summed E-state index contributed by atoms with van der Waals surface area (Å²) >= 11 is 0. The molecule has 2 N–H and O–H groups in total. The fourth-order valence-corrected chi connectivity index (χ4v) is 2.55. The number of rotatable bonds is 6. The fourth-order valence-electron chi connectivity index (χ4n) is 2.55. The molecule has 0 saturated heterocycles. The Bertz CT molecular complexity index is 1040. The number of hydrogen-bond acceptors (Lipinski definition) is 5. The molecule has 0 unspecified atom stereocenters. The first kappa shape index (κ1) is 19.8. The van der Waals surface area contributed by atoms with Crippen molar-refractivity contribution in [1.29, 1.82) is 0 Å². The first-order valence-corrected chi connectivity index (χ1v) is 8.85. The number of carbonyl (C=O) groups excluding carboxylic acids is 3. The molecule has 0 atom stereocenters. The van der Waals surface area contributed by atoms with Crippen molar-refractivity contribution in [3.63, 3.8) is 0 Å². The number of carbonyl (C=O) groups is 3. The molecule has 3 rings (SSSR count). The van der Waals surface area contributed by atoms with E-state index in [0.717, 1.165) is 0 Å². The van der Waals surface area contributed by atoms with Crippen molar-refractivity contribution >= 4 is 29.0 Å². The van der Waals surface area contributed by atoms with Gasteiger partial charge in [-0.15, -0.1) is 0 Å². The average molecular weight is 389 g/mol. The van der Waals surface area contributed by atoms with E-state index in [1.54, 1.807) is 60.7 Å². The third kappa shape index (κ3) is 5.26. The Morgan fingerprint density at radius 3 is 2.07 bits per heavy atom. The van der Waals surface area contributed by atoms with Gasteiger partial charge in [0.25, 0.3) is 5.91 Å².